The number of nitrogens with zero attached hydrogens (tertiary/aromatic N) is 18. The number of pyridine rings is 12. The van der Waals surface area contributed by atoms with E-state index in [0.29, 0.717) is 112 Å². The highest BCUT2D eigenvalue weighted by Gasteiger charge is 2.22. The lowest BCUT2D eigenvalue weighted by molar-refractivity contribution is 0.0976. The zero-order valence-corrected chi connectivity index (χ0v) is 71.6. The van der Waals surface area contributed by atoms with E-state index in [1.165, 1.54) is 43.5 Å². The second-order valence-electron chi connectivity index (χ2n) is 28.5. The molecule has 0 aliphatic carbocycles. The number of aryl methyl sites for hydroxylation is 9. The Morgan fingerprint density at radius 3 is 0.953 bits per heavy atom. The second-order valence-corrected chi connectivity index (χ2v) is 28.5. The van der Waals surface area contributed by atoms with E-state index in [-0.39, 0.29) is 72.4 Å². The number of ketones is 5. The fourth-order valence-electron chi connectivity index (χ4n) is 11.8. The molecule has 15 rings (SSSR count). The molecule has 0 fully saturated rings. The molecule has 15 aromatic rings. The Hall–Kier alpha value is -15.8. The fraction of sp³-hybridized carbons (Fsp3) is 0.206. The summed E-state index contributed by atoms with van der Waals surface area (Å²) in [6.07, 6.45) is 25.9. The molecule has 0 unspecified atom stereocenters. The third-order valence-electron chi connectivity index (χ3n) is 18.2. The number of hydrogen-bond acceptors (Lipinski definition) is 28. The highest BCUT2D eigenvalue weighted by molar-refractivity contribution is 5.98. The van der Waals surface area contributed by atoms with Crippen LogP contribution in [0.15, 0.2) is 251 Å². The van der Waals surface area contributed by atoms with Crippen LogP contribution in [-0.2, 0) is 64.2 Å². The number of alkyl halides is 2. The predicted molar refractivity (Wildman–Crippen MR) is 468 cm³/mol. The average molecular weight is 1720 g/mol. The van der Waals surface area contributed by atoms with Crippen molar-refractivity contribution >= 4 is 28.9 Å². The smallest absolute Gasteiger partial charge is 0.280 e. The number of halogens is 3. The van der Waals surface area contributed by atoms with Gasteiger partial charge in [-0.2, -0.15) is 0 Å². The van der Waals surface area contributed by atoms with Crippen LogP contribution in [0.3, 0.4) is 0 Å². The molecule has 0 bridgehead atoms. The molecule has 31 heteroatoms. The van der Waals surface area contributed by atoms with Crippen LogP contribution in [0.25, 0.3) is 0 Å². The summed E-state index contributed by atoms with van der Waals surface area (Å²) >= 11 is 0. The van der Waals surface area contributed by atoms with E-state index in [2.05, 4.69) is 89.7 Å². The van der Waals surface area contributed by atoms with Gasteiger partial charge >= 0.3 is 0 Å². The van der Waals surface area contributed by atoms with Crippen LogP contribution in [-0.4, -0.2) is 119 Å². The summed E-state index contributed by atoms with van der Waals surface area (Å²) in [4.78, 5) is 137. The molecule has 0 radical (unpaired) electrons. The SMILES string of the molecule is CCc1cc(Oc2cncc(F)c2)cc(C(=O)Cc2cccc(C)n2)n1.CCc1cc(Oc2cncnc2)cc(C(=O)Cc2ccc(C)cn2)n1.CCc1cc(Oc2cncnc2)cc(C(=O)Cc2ccc(C)cn2)n1.CCc1cccc(CC(=O)c2cc(Oc3cncnc3)cc(CC)n2)n1.Cc1ccc(CC(=O)c2cc(Oc3cccnc3)cc(C(F)F)n2)nc1. The summed E-state index contributed by atoms with van der Waals surface area (Å²) in [5.74, 6) is 2.98. The summed E-state index contributed by atoms with van der Waals surface area (Å²) in [6.45, 7) is 17.6. The van der Waals surface area contributed by atoms with Crippen molar-refractivity contribution in [2.24, 2.45) is 0 Å². The highest BCUT2D eigenvalue weighted by atomic mass is 19.3. The first-order valence-corrected chi connectivity index (χ1v) is 40.8. The fourth-order valence-corrected chi connectivity index (χ4v) is 11.8. The van der Waals surface area contributed by atoms with Crippen LogP contribution in [0.4, 0.5) is 13.2 Å². The predicted octanol–water partition coefficient (Wildman–Crippen LogP) is 18.8. The van der Waals surface area contributed by atoms with Gasteiger partial charge in [0, 0.05) is 154 Å². The van der Waals surface area contributed by atoms with Gasteiger partial charge in [0.25, 0.3) is 6.43 Å². The highest BCUT2D eigenvalue weighted by Crippen LogP contribution is 2.31. The molecule has 0 atom stereocenters. The largest absolute Gasteiger partial charge is 0.456 e. The van der Waals surface area contributed by atoms with Crippen LogP contribution in [0.1, 0.15) is 179 Å². The lowest BCUT2D eigenvalue weighted by Gasteiger charge is -2.09. The summed E-state index contributed by atoms with van der Waals surface area (Å²) < 4.78 is 68.0. The Bertz CT molecular complexity index is 6080. The molecule has 15 heterocycles. The lowest BCUT2D eigenvalue weighted by atomic mass is 10.1. The van der Waals surface area contributed by atoms with Gasteiger partial charge in [0.05, 0.1) is 87.9 Å². The van der Waals surface area contributed by atoms with Gasteiger partial charge in [0.2, 0.25) is 0 Å². The maximum atomic E-state index is 13.3. The Kier molecular flexibility index (Phi) is 34.2. The first-order chi connectivity index (χ1) is 62.0. The minimum Gasteiger partial charge on any atom is -0.456 e. The topological polar surface area (TPSA) is 364 Å². The molecule has 0 saturated heterocycles. The van der Waals surface area contributed by atoms with Gasteiger partial charge in [-0.05, 0) is 131 Å². The molecule has 0 saturated carbocycles. The van der Waals surface area contributed by atoms with Crippen LogP contribution in [0, 0.1) is 33.5 Å². The van der Waals surface area contributed by atoms with Gasteiger partial charge < -0.3 is 23.7 Å². The zero-order valence-electron chi connectivity index (χ0n) is 71.6. The molecule has 0 amide bonds. The van der Waals surface area contributed by atoms with Crippen LogP contribution >= 0.6 is 0 Å². The van der Waals surface area contributed by atoms with Crippen LogP contribution < -0.4 is 23.7 Å². The number of rotatable bonds is 31. The first-order valence-electron chi connectivity index (χ1n) is 40.8. The van der Waals surface area contributed by atoms with Crippen molar-refractivity contribution in [3.8, 4) is 57.5 Å². The van der Waals surface area contributed by atoms with Crippen molar-refractivity contribution in [3.63, 3.8) is 0 Å². The molecule has 0 aromatic carbocycles. The molecule has 648 valence electrons. The normalized spacial score (nSPS) is 10.6. The van der Waals surface area contributed by atoms with Crippen LogP contribution in [0.2, 0.25) is 0 Å². The number of hydrogen-bond donors (Lipinski definition) is 0. The molecule has 0 aliphatic rings. The van der Waals surface area contributed by atoms with E-state index in [0.717, 1.165) is 80.9 Å². The van der Waals surface area contributed by atoms with Gasteiger partial charge in [0.1, 0.15) is 99.2 Å². The molecule has 128 heavy (non-hydrogen) atoms. The van der Waals surface area contributed by atoms with E-state index >= 15 is 0 Å². The van der Waals surface area contributed by atoms with Crippen molar-refractivity contribution in [1.82, 2.24) is 89.7 Å². The van der Waals surface area contributed by atoms with E-state index in [4.69, 9.17) is 23.7 Å². The third-order valence-corrected chi connectivity index (χ3v) is 18.2. The molecule has 0 aliphatic heterocycles. The van der Waals surface area contributed by atoms with Gasteiger partial charge in [-0.1, -0.05) is 65.0 Å². The van der Waals surface area contributed by atoms with E-state index in [1.54, 1.807) is 110 Å². The van der Waals surface area contributed by atoms with Crippen molar-refractivity contribution in [2.45, 2.75) is 133 Å². The van der Waals surface area contributed by atoms with E-state index < -0.39 is 23.7 Å². The summed E-state index contributed by atoms with van der Waals surface area (Å²) in [5, 5.41) is 0. The molecule has 28 nitrogen and oxygen atoms in total. The van der Waals surface area contributed by atoms with Gasteiger partial charge in [-0.15, -0.1) is 0 Å². The molecular formula is C97H89F3N18O10. The number of aromatic nitrogens is 18. The monoisotopic (exact) mass is 1720 g/mol. The minimum atomic E-state index is -2.82. The number of ether oxygens (including phenoxy) is 5. The van der Waals surface area contributed by atoms with Gasteiger partial charge in [-0.3, -0.25) is 58.9 Å². The zero-order chi connectivity index (χ0) is 90.7. The number of Topliss-reactive ketones (excluding diaryl/α,β-unsaturated/α-hetero) is 5. The van der Waals surface area contributed by atoms with Crippen molar-refractivity contribution in [1.29, 1.82) is 0 Å². The minimum absolute atomic E-state index is 0.0354. The average Bonchev–Trinajstić information content (AvgIpc) is 0.832. The maximum absolute atomic E-state index is 13.3. The Morgan fingerprint density at radius 2 is 0.609 bits per heavy atom. The van der Waals surface area contributed by atoms with Crippen LogP contribution in [0.5, 0.6) is 57.5 Å². The molecule has 15 aromatic heterocycles. The standard InChI is InChI=1S/C20H18FN3O2.C20H20N4O2.C19H15F2N3O2.2C19H18N4O2/c1-3-15-8-17(26-18-7-14(21)11-22-12-18)10-19(24-15)20(25)9-16-6-4-5-13(2)23-16;1-3-14-6-5-7-16(23-14)9-20(25)19-10-17(8-15(4-2)24-19)26-18-11-21-13-22-12-18;1-12-4-5-13(23-10-12)7-18(25)16-8-15(9-17(24-16)19(20)21)26-14-3-2-6-22-11-14;2*1-3-14-6-16(25-17-10-20-12-21-11-17)8-18(23-14)19(24)7-15-5-4-13(2)9-22-15/h4-8,10-12H,3,9H2,1-2H3;5-8,10-13H,3-4,9H2,1-2H3;2-6,8-11,19H,7H2,1H3;2*4-6,8-12H,3,7H2,1-2H3. The van der Waals surface area contributed by atoms with E-state index in [9.17, 15) is 37.1 Å². The third kappa shape index (κ3) is 29.7. The number of carbonyl (C=O) groups is 5. The van der Waals surface area contributed by atoms with Gasteiger partial charge in [-0.25, -0.2) is 68.0 Å². The molecule has 0 N–H and O–H groups in total. The van der Waals surface area contributed by atoms with E-state index in [1.807, 2.05) is 147 Å². The van der Waals surface area contributed by atoms with Gasteiger partial charge in [0.15, 0.2) is 46.2 Å². The summed E-state index contributed by atoms with van der Waals surface area (Å²) in [6, 6.07) is 43.1. The summed E-state index contributed by atoms with van der Waals surface area (Å²) in [5.41, 5.74) is 12.2. The molecular weight excluding hydrogens is 1630 g/mol. The first kappa shape index (κ1) is 92.9. The lowest BCUT2D eigenvalue weighted by Crippen LogP contribution is -2.09. The summed E-state index contributed by atoms with van der Waals surface area (Å²) in [7, 11) is 0. The number of carbonyl (C=O) groups excluding carboxylic acids is 5. The second kappa shape index (κ2) is 47.2. The van der Waals surface area contributed by atoms with Crippen molar-refractivity contribution < 1.29 is 60.8 Å². The van der Waals surface area contributed by atoms with Crippen molar-refractivity contribution in [3.05, 3.63) is 371 Å². The Labute approximate surface area is 736 Å². The maximum Gasteiger partial charge on any atom is 0.280 e. The Balaban J connectivity index is 0.000000155. The van der Waals surface area contributed by atoms with Crippen molar-refractivity contribution in [2.75, 3.05) is 0 Å². The molecule has 0 spiro atoms. The Morgan fingerprint density at radius 1 is 0.281 bits per heavy atom. The quantitative estimate of drug-likeness (QED) is 0.0364.